The molecular weight excluding hydrogens is 156 g/mol. The number of esters is 1. The Labute approximate surface area is 73.4 Å². The summed E-state index contributed by atoms with van der Waals surface area (Å²) in [5, 5.41) is 0. The highest BCUT2D eigenvalue weighted by atomic mass is 16.6. The third-order valence-corrected chi connectivity index (χ3v) is 1.15. The minimum atomic E-state index is -0.373. The molecule has 0 aliphatic carbocycles. The fraction of sp³-hybridized carbons (Fsp3) is 0.556. The lowest BCUT2D eigenvalue weighted by atomic mass is 10.3. The summed E-state index contributed by atoms with van der Waals surface area (Å²) >= 11 is 0. The van der Waals surface area contributed by atoms with Gasteiger partial charge in [-0.3, -0.25) is 0 Å². The summed E-state index contributed by atoms with van der Waals surface area (Å²) in [5.41, 5.74) is 0.405. The summed E-state index contributed by atoms with van der Waals surface area (Å²) < 4.78 is 9.87. The largest absolute Gasteiger partial charge is 0.457 e. The highest BCUT2D eigenvalue weighted by Crippen LogP contribution is 1.99. The Hall–Kier alpha value is -0.830. The molecule has 0 aromatic carbocycles. The topological polar surface area (TPSA) is 35.5 Å². The van der Waals surface area contributed by atoms with E-state index >= 15 is 0 Å². The second-order valence-electron chi connectivity index (χ2n) is 2.57. The van der Waals surface area contributed by atoms with E-state index in [2.05, 4.69) is 6.58 Å². The van der Waals surface area contributed by atoms with Crippen molar-refractivity contribution in [3.63, 3.8) is 0 Å². The number of carbonyl (C=O) groups is 1. The molecule has 1 atom stereocenters. The van der Waals surface area contributed by atoms with E-state index in [1.54, 1.807) is 27.4 Å². The Morgan fingerprint density at radius 3 is 2.67 bits per heavy atom. The monoisotopic (exact) mass is 171 g/mol. The van der Waals surface area contributed by atoms with Crippen LogP contribution in [-0.4, -0.2) is 18.7 Å². The van der Waals surface area contributed by atoms with Crippen molar-refractivity contribution in [2.45, 2.75) is 26.9 Å². The summed E-state index contributed by atoms with van der Waals surface area (Å²) in [4.78, 5) is 10.9. The number of rotatable bonds is 5. The maximum absolute atomic E-state index is 10.9. The van der Waals surface area contributed by atoms with Crippen LogP contribution >= 0.6 is 0 Å². The molecule has 0 bridgehead atoms. The first-order valence-corrected chi connectivity index (χ1v) is 3.83. The van der Waals surface area contributed by atoms with Gasteiger partial charge < -0.3 is 9.47 Å². The summed E-state index contributed by atoms with van der Waals surface area (Å²) in [6.45, 7) is 10.6. The average Bonchev–Trinajstić information content (AvgIpc) is 2.00. The Kier molecular flexibility index (Phi) is 5.37. The Morgan fingerprint density at radius 2 is 2.25 bits per heavy atom. The van der Waals surface area contributed by atoms with E-state index in [9.17, 15) is 4.79 Å². The van der Waals surface area contributed by atoms with Crippen LogP contribution in [0.3, 0.4) is 0 Å². The van der Waals surface area contributed by atoms with Gasteiger partial charge in [0.25, 0.3) is 0 Å². The standard InChI is InChI=1S/C9H15O3/c1-5-11-6-8(4)12-9(10)7(2)3/h5,8H,2,6H2,1,3-4H3. The molecule has 0 aliphatic rings. The molecule has 0 N–H and O–H groups in total. The maximum Gasteiger partial charge on any atom is 0.333 e. The SMILES string of the molecule is C=C(C)C(=O)OC(C)CO[CH]C. The molecule has 0 fully saturated rings. The first-order valence-electron chi connectivity index (χ1n) is 3.83. The zero-order chi connectivity index (χ0) is 9.56. The van der Waals surface area contributed by atoms with Crippen molar-refractivity contribution in [2.24, 2.45) is 0 Å². The third-order valence-electron chi connectivity index (χ3n) is 1.15. The van der Waals surface area contributed by atoms with Crippen molar-refractivity contribution < 1.29 is 14.3 Å². The molecule has 0 rings (SSSR count). The molecule has 3 heteroatoms. The minimum absolute atomic E-state index is 0.231. The van der Waals surface area contributed by atoms with Crippen molar-refractivity contribution >= 4 is 5.97 Å². The molecule has 0 spiro atoms. The van der Waals surface area contributed by atoms with Crippen LogP contribution in [0.25, 0.3) is 0 Å². The molecular formula is C9H15O3. The van der Waals surface area contributed by atoms with Gasteiger partial charge >= 0.3 is 5.97 Å². The lowest BCUT2D eigenvalue weighted by molar-refractivity contribution is -0.145. The zero-order valence-corrected chi connectivity index (χ0v) is 7.79. The summed E-state index contributed by atoms with van der Waals surface area (Å²) in [7, 11) is 0. The van der Waals surface area contributed by atoms with Crippen LogP contribution in [0, 0.1) is 6.61 Å². The van der Waals surface area contributed by atoms with E-state index < -0.39 is 0 Å². The molecule has 69 valence electrons. The minimum Gasteiger partial charge on any atom is -0.457 e. The van der Waals surface area contributed by atoms with E-state index in [0.717, 1.165) is 0 Å². The second-order valence-corrected chi connectivity index (χ2v) is 2.57. The Bertz CT molecular complexity index is 163. The zero-order valence-electron chi connectivity index (χ0n) is 7.79. The van der Waals surface area contributed by atoms with Gasteiger partial charge in [-0.15, -0.1) is 0 Å². The highest BCUT2D eigenvalue weighted by Gasteiger charge is 2.09. The van der Waals surface area contributed by atoms with Gasteiger partial charge in [-0.05, 0) is 20.8 Å². The van der Waals surface area contributed by atoms with Gasteiger partial charge in [-0.25, -0.2) is 4.79 Å². The molecule has 1 radical (unpaired) electrons. The molecule has 0 aliphatic heterocycles. The summed E-state index contributed by atoms with van der Waals surface area (Å²) in [6.07, 6.45) is -0.231. The predicted molar refractivity (Wildman–Crippen MR) is 46.3 cm³/mol. The first-order chi connectivity index (χ1) is 5.57. The van der Waals surface area contributed by atoms with Crippen molar-refractivity contribution in [1.29, 1.82) is 0 Å². The number of carbonyl (C=O) groups excluding carboxylic acids is 1. The van der Waals surface area contributed by atoms with Gasteiger partial charge in [-0.2, -0.15) is 0 Å². The molecule has 1 unspecified atom stereocenters. The maximum atomic E-state index is 10.9. The molecule has 0 aromatic rings. The first kappa shape index (κ1) is 11.2. The predicted octanol–water partition coefficient (Wildman–Crippen LogP) is 1.69. The summed E-state index contributed by atoms with van der Waals surface area (Å²) in [5.74, 6) is -0.373. The van der Waals surface area contributed by atoms with Crippen LogP contribution in [0.5, 0.6) is 0 Å². The van der Waals surface area contributed by atoms with Crippen LogP contribution < -0.4 is 0 Å². The van der Waals surface area contributed by atoms with Crippen molar-refractivity contribution in [3.8, 4) is 0 Å². The Morgan fingerprint density at radius 1 is 1.67 bits per heavy atom. The smallest absolute Gasteiger partial charge is 0.333 e. The van der Waals surface area contributed by atoms with Crippen LogP contribution in [-0.2, 0) is 14.3 Å². The third kappa shape index (κ3) is 4.91. The van der Waals surface area contributed by atoms with E-state index in [-0.39, 0.29) is 12.1 Å². The van der Waals surface area contributed by atoms with E-state index in [4.69, 9.17) is 9.47 Å². The number of ether oxygens (including phenoxy) is 2. The molecule has 0 aromatic heterocycles. The van der Waals surface area contributed by atoms with E-state index in [1.807, 2.05) is 0 Å². The van der Waals surface area contributed by atoms with Gasteiger partial charge in [0.15, 0.2) is 0 Å². The van der Waals surface area contributed by atoms with Crippen LogP contribution in [0.15, 0.2) is 12.2 Å². The van der Waals surface area contributed by atoms with Crippen LogP contribution in [0.4, 0.5) is 0 Å². The molecule has 0 heterocycles. The molecule has 0 saturated carbocycles. The number of hydrogen-bond donors (Lipinski definition) is 0. The van der Waals surface area contributed by atoms with Gasteiger partial charge in [0.2, 0.25) is 0 Å². The number of hydrogen-bond acceptors (Lipinski definition) is 3. The van der Waals surface area contributed by atoms with E-state index in [1.165, 1.54) is 0 Å². The Balaban J connectivity index is 3.61. The van der Waals surface area contributed by atoms with Gasteiger partial charge in [0.1, 0.15) is 6.10 Å². The molecule has 3 nitrogen and oxygen atoms in total. The lowest BCUT2D eigenvalue weighted by Gasteiger charge is -2.12. The van der Waals surface area contributed by atoms with Crippen LogP contribution in [0.1, 0.15) is 20.8 Å². The quantitative estimate of drug-likeness (QED) is 0.466. The lowest BCUT2D eigenvalue weighted by Crippen LogP contribution is -2.19. The van der Waals surface area contributed by atoms with Gasteiger partial charge in [0, 0.05) is 5.57 Å². The fourth-order valence-electron chi connectivity index (χ4n) is 0.549. The van der Waals surface area contributed by atoms with Gasteiger partial charge in [0.05, 0.1) is 13.2 Å². The van der Waals surface area contributed by atoms with Crippen molar-refractivity contribution in [2.75, 3.05) is 6.61 Å². The van der Waals surface area contributed by atoms with Gasteiger partial charge in [-0.1, -0.05) is 6.58 Å². The van der Waals surface area contributed by atoms with Crippen molar-refractivity contribution in [1.82, 2.24) is 0 Å². The summed E-state index contributed by atoms with van der Waals surface area (Å²) in [6, 6.07) is 0. The normalized spacial score (nSPS) is 12.2. The average molecular weight is 171 g/mol. The molecule has 0 saturated heterocycles. The van der Waals surface area contributed by atoms with Crippen molar-refractivity contribution in [3.05, 3.63) is 18.8 Å². The highest BCUT2D eigenvalue weighted by molar-refractivity contribution is 5.87. The molecule has 12 heavy (non-hydrogen) atoms. The second kappa shape index (κ2) is 5.77. The van der Waals surface area contributed by atoms with E-state index in [0.29, 0.717) is 12.2 Å². The molecule has 0 amide bonds. The fourth-order valence-corrected chi connectivity index (χ4v) is 0.549. The van der Waals surface area contributed by atoms with Crippen LogP contribution in [0.2, 0.25) is 0 Å².